The molecular weight excluding hydrogens is 398 g/mol. The second kappa shape index (κ2) is 9.15. The van der Waals surface area contributed by atoms with Crippen molar-refractivity contribution in [1.82, 2.24) is 10.2 Å². The second-order valence-electron chi connectivity index (χ2n) is 8.62. The van der Waals surface area contributed by atoms with Crippen LogP contribution in [0.4, 0.5) is 5.69 Å². The van der Waals surface area contributed by atoms with Gasteiger partial charge in [0.25, 0.3) is 0 Å². The summed E-state index contributed by atoms with van der Waals surface area (Å²) in [5.74, 6) is 0.209. The van der Waals surface area contributed by atoms with Gasteiger partial charge in [-0.3, -0.25) is 4.79 Å². The third kappa shape index (κ3) is 4.01. The average molecular weight is 428 g/mol. The molecule has 1 amide bonds. The number of ether oxygens (including phenoxy) is 1. The molecule has 2 fully saturated rings. The van der Waals surface area contributed by atoms with Gasteiger partial charge in [-0.25, -0.2) is 0 Å². The molecule has 0 aliphatic carbocycles. The molecule has 3 N–H and O–H groups in total. The van der Waals surface area contributed by atoms with Crippen molar-refractivity contribution in [2.24, 2.45) is 5.92 Å². The lowest BCUT2D eigenvalue weighted by atomic mass is 9.83. The minimum absolute atomic E-state index is 0.0390. The molecule has 32 heavy (non-hydrogen) atoms. The van der Waals surface area contributed by atoms with Crippen molar-refractivity contribution in [1.29, 1.82) is 0 Å². The highest BCUT2D eigenvalue weighted by molar-refractivity contribution is 5.82. The van der Waals surface area contributed by atoms with E-state index in [1.54, 1.807) is 0 Å². The van der Waals surface area contributed by atoms with E-state index in [2.05, 4.69) is 47.8 Å². The molecule has 0 saturated carbocycles. The Balaban J connectivity index is 1.46. The first kappa shape index (κ1) is 20.7. The zero-order valence-electron chi connectivity index (χ0n) is 18.1. The minimum Gasteiger partial charge on any atom is -0.399 e. The van der Waals surface area contributed by atoms with Crippen molar-refractivity contribution in [3.63, 3.8) is 0 Å². The van der Waals surface area contributed by atoms with E-state index >= 15 is 0 Å². The summed E-state index contributed by atoms with van der Waals surface area (Å²) in [7, 11) is 0. The summed E-state index contributed by atoms with van der Waals surface area (Å²) in [4.78, 5) is 15.9. The largest absolute Gasteiger partial charge is 0.399 e. The number of benzene rings is 3. The molecule has 5 rings (SSSR count). The average Bonchev–Trinajstić information content (AvgIpc) is 3.34. The molecule has 2 aliphatic rings. The predicted molar refractivity (Wildman–Crippen MR) is 127 cm³/mol. The third-order valence-corrected chi connectivity index (χ3v) is 6.69. The van der Waals surface area contributed by atoms with E-state index in [0.29, 0.717) is 26.3 Å². The fourth-order valence-corrected chi connectivity index (χ4v) is 5.09. The fraction of sp³-hybridized carbons (Fsp3) is 0.296. The maximum atomic E-state index is 13.9. The van der Waals surface area contributed by atoms with Crippen LogP contribution in [0.1, 0.15) is 23.1 Å². The molecule has 0 aromatic heterocycles. The van der Waals surface area contributed by atoms with E-state index < -0.39 is 0 Å². The van der Waals surface area contributed by atoms with Gasteiger partial charge in [-0.05, 0) is 34.4 Å². The molecule has 164 valence electrons. The van der Waals surface area contributed by atoms with E-state index in [4.69, 9.17) is 10.5 Å². The van der Waals surface area contributed by atoms with E-state index in [1.807, 2.05) is 41.3 Å². The Hall–Kier alpha value is -3.15. The molecule has 2 saturated heterocycles. The Kier molecular flexibility index (Phi) is 5.93. The summed E-state index contributed by atoms with van der Waals surface area (Å²) in [5.41, 5.74) is 11.4. The number of carbonyl (C=O) groups is 1. The van der Waals surface area contributed by atoms with Gasteiger partial charge in [-0.2, -0.15) is 0 Å². The van der Waals surface area contributed by atoms with Gasteiger partial charge in [-0.15, -0.1) is 0 Å². The monoisotopic (exact) mass is 427 g/mol. The quantitative estimate of drug-likeness (QED) is 0.621. The topological polar surface area (TPSA) is 67.6 Å². The highest BCUT2D eigenvalue weighted by Crippen LogP contribution is 2.38. The van der Waals surface area contributed by atoms with Crippen LogP contribution in [-0.4, -0.2) is 43.7 Å². The number of nitrogen functional groups attached to an aromatic ring is 1. The summed E-state index contributed by atoms with van der Waals surface area (Å²) < 4.78 is 5.76. The molecule has 0 bridgehead atoms. The first-order valence-electron chi connectivity index (χ1n) is 11.3. The molecule has 3 aromatic rings. The van der Waals surface area contributed by atoms with Crippen LogP contribution in [-0.2, 0) is 9.53 Å². The van der Waals surface area contributed by atoms with Crippen LogP contribution in [0.15, 0.2) is 78.9 Å². The van der Waals surface area contributed by atoms with Crippen LogP contribution in [0.2, 0.25) is 0 Å². The van der Waals surface area contributed by atoms with E-state index in [1.165, 1.54) is 5.56 Å². The third-order valence-electron chi connectivity index (χ3n) is 6.69. The standard InChI is InChI=1S/C27H29N3O2/c28-21-10-6-9-20(15-21)22-11-4-5-12-23(22)24-16-29-17-25(24)27(31)30-13-14-32-18-26(30)19-7-2-1-3-8-19/h1-12,15,24-26,29H,13-14,16-18,28H2/t24-,25+,26+/m0/s1. The van der Waals surface area contributed by atoms with Crippen LogP contribution >= 0.6 is 0 Å². The summed E-state index contributed by atoms with van der Waals surface area (Å²) in [5, 5.41) is 3.48. The van der Waals surface area contributed by atoms with E-state index in [0.717, 1.165) is 28.9 Å². The Morgan fingerprint density at radius 1 is 0.969 bits per heavy atom. The number of anilines is 1. The van der Waals surface area contributed by atoms with Gasteiger partial charge in [0.1, 0.15) is 0 Å². The molecule has 5 heteroatoms. The van der Waals surface area contributed by atoms with E-state index in [-0.39, 0.29) is 23.8 Å². The number of nitrogens with two attached hydrogens (primary N) is 1. The van der Waals surface area contributed by atoms with Gasteiger partial charge < -0.3 is 20.7 Å². The number of rotatable bonds is 4. The number of carbonyl (C=O) groups excluding carboxylic acids is 1. The molecule has 2 heterocycles. The highest BCUT2D eigenvalue weighted by Gasteiger charge is 2.40. The smallest absolute Gasteiger partial charge is 0.228 e. The van der Waals surface area contributed by atoms with Gasteiger partial charge in [-0.1, -0.05) is 66.7 Å². The maximum absolute atomic E-state index is 13.9. The Labute approximate surface area is 189 Å². The van der Waals surface area contributed by atoms with Crippen molar-refractivity contribution in [2.75, 3.05) is 38.6 Å². The van der Waals surface area contributed by atoms with Gasteiger partial charge in [0.2, 0.25) is 5.91 Å². The number of nitrogens with zero attached hydrogens (tertiary/aromatic N) is 1. The first-order valence-corrected chi connectivity index (χ1v) is 11.3. The number of morpholine rings is 1. The SMILES string of the molecule is Nc1cccc(-c2ccccc2[C@@H]2CNC[C@H]2C(=O)N2CCOC[C@@H]2c2ccccc2)c1. The first-order chi connectivity index (χ1) is 15.7. The van der Waals surface area contributed by atoms with Gasteiger partial charge in [0, 0.05) is 31.2 Å². The molecule has 0 spiro atoms. The van der Waals surface area contributed by atoms with Crippen LogP contribution < -0.4 is 11.1 Å². The zero-order valence-corrected chi connectivity index (χ0v) is 18.1. The lowest BCUT2D eigenvalue weighted by Gasteiger charge is -2.38. The fourth-order valence-electron chi connectivity index (χ4n) is 5.09. The molecule has 2 aliphatic heterocycles. The van der Waals surface area contributed by atoms with Crippen molar-refractivity contribution in [3.8, 4) is 11.1 Å². The van der Waals surface area contributed by atoms with Gasteiger partial charge in [0.05, 0.1) is 25.2 Å². The number of amides is 1. The van der Waals surface area contributed by atoms with Crippen LogP contribution in [0.5, 0.6) is 0 Å². The van der Waals surface area contributed by atoms with Crippen molar-refractivity contribution in [2.45, 2.75) is 12.0 Å². The maximum Gasteiger partial charge on any atom is 0.228 e. The lowest BCUT2D eigenvalue weighted by molar-refractivity contribution is -0.144. The molecule has 5 nitrogen and oxygen atoms in total. The normalized spacial score (nSPS) is 23.2. The lowest BCUT2D eigenvalue weighted by Crippen LogP contribution is -2.47. The Morgan fingerprint density at radius 3 is 2.62 bits per heavy atom. The molecular formula is C27H29N3O2. The highest BCUT2D eigenvalue weighted by atomic mass is 16.5. The number of hydrogen-bond donors (Lipinski definition) is 2. The summed E-state index contributed by atoms with van der Waals surface area (Å²) in [6, 6.07) is 26.5. The molecule has 0 radical (unpaired) electrons. The summed E-state index contributed by atoms with van der Waals surface area (Å²) >= 11 is 0. The number of hydrogen-bond acceptors (Lipinski definition) is 4. The van der Waals surface area contributed by atoms with Crippen LogP contribution in [0.3, 0.4) is 0 Å². The molecule has 3 aromatic carbocycles. The van der Waals surface area contributed by atoms with Crippen molar-refractivity contribution < 1.29 is 9.53 Å². The van der Waals surface area contributed by atoms with Crippen LogP contribution in [0, 0.1) is 5.92 Å². The number of nitrogens with one attached hydrogen (secondary N) is 1. The van der Waals surface area contributed by atoms with Gasteiger partial charge >= 0.3 is 0 Å². The van der Waals surface area contributed by atoms with Crippen molar-refractivity contribution in [3.05, 3.63) is 90.0 Å². The zero-order chi connectivity index (χ0) is 21.9. The minimum atomic E-state index is -0.110. The predicted octanol–water partition coefficient (Wildman–Crippen LogP) is 3.84. The Morgan fingerprint density at radius 2 is 1.78 bits per heavy atom. The van der Waals surface area contributed by atoms with Gasteiger partial charge in [0.15, 0.2) is 0 Å². The van der Waals surface area contributed by atoms with Crippen LogP contribution in [0.25, 0.3) is 11.1 Å². The Bertz CT molecular complexity index is 1090. The molecule has 3 atom stereocenters. The van der Waals surface area contributed by atoms with E-state index in [9.17, 15) is 4.79 Å². The second-order valence-corrected chi connectivity index (χ2v) is 8.62. The summed E-state index contributed by atoms with van der Waals surface area (Å²) in [6.07, 6.45) is 0. The van der Waals surface area contributed by atoms with Crippen molar-refractivity contribution >= 4 is 11.6 Å². The molecule has 0 unspecified atom stereocenters. The summed E-state index contributed by atoms with van der Waals surface area (Å²) in [6.45, 7) is 3.22.